The average Bonchev–Trinajstić information content (AvgIpc) is 2.78. The van der Waals surface area contributed by atoms with Gasteiger partial charge in [0, 0.05) is 29.6 Å². The Bertz CT molecular complexity index is 1000. The first-order valence-electron chi connectivity index (χ1n) is 10.5. The number of hydrogen-bond acceptors (Lipinski definition) is 3. The van der Waals surface area contributed by atoms with E-state index in [0.717, 1.165) is 37.1 Å². The lowest BCUT2D eigenvalue weighted by atomic mass is 9.76. The zero-order valence-electron chi connectivity index (χ0n) is 17.2. The highest BCUT2D eigenvalue weighted by molar-refractivity contribution is 5.27. The molecule has 1 aliphatic rings. The third kappa shape index (κ3) is 5.11. The van der Waals surface area contributed by atoms with E-state index in [2.05, 4.69) is 39.2 Å². The molecular formula is C24H29N3O2. The summed E-state index contributed by atoms with van der Waals surface area (Å²) < 4.78 is 0. The van der Waals surface area contributed by atoms with E-state index >= 15 is 0 Å². The fourth-order valence-electron chi connectivity index (χ4n) is 4.18. The van der Waals surface area contributed by atoms with Gasteiger partial charge in [-0.25, -0.2) is 4.79 Å². The van der Waals surface area contributed by atoms with Gasteiger partial charge in [-0.05, 0) is 55.2 Å². The quantitative estimate of drug-likeness (QED) is 0.686. The number of aromatic nitrogens is 3. The van der Waals surface area contributed by atoms with Crippen LogP contribution in [-0.2, 0) is 6.42 Å². The molecule has 3 aromatic rings. The number of benzene rings is 1. The Hall–Kier alpha value is -2.95. The zero-order valence-corrected chi connectivity index (χ0v) is 17.2. The standard InChI is InChI=1S/C22H23N3O2.C2H6/c26-21-19(14-18-8-4-5-13-23-18)20(24-22(27)25-21)17-11-9-16(10-12-17)15-6-2-1-3-7-15;1-2/h1-8,13,16-17H,9-12,14H2,(H2,24,25,26,27);1-2H3. The number of rotatable bonds is 4. The molecule has 2 N–H and O–H groups in total. The maximum atomic E-state index is 12.5. The van der Waals surface area contributed by atoms with Crippen LogP contribution >= 0.6 is 0 Å². The second kappa shape index (κ2) is 10.0. The molecule has 0 amide bonds. The predicted molar refractivity (Wildman–Crippen MR) is 116 cm³/mol. The van der Waals surface area contributed by atoms with Crippen molar-refractivity contribution in [2.45, 2.75) is 57.8 Å². The molecule has 1 aliphatic carbocycles. The van der Waals surface area contributed by atoms with E-state index in [1.807, 2.05) is 38.1 Å². The molecule has 5 heteroatoms. The van der Waals surface area contributed by atoms with E-state index in [0.29, 0.717) is 17.9 Å². The first kappa shape index (κ1) is 20.8. The molecule has 29 heavy (non-hydrogen) atoms. The lowest BCUT2D eigenvalue weighted by molar-refractivity contribution is 0.388. The summed E-state index contributed by atoms with van der Waals surface area (Å²) in [4.78, 5) is 34.0. The Morgan fingerprint density at radius 1 is 0.862 bits per heavy atom. The minimum atomic E-state index is -0.426. The Balaban J connectivity index is 0.00000117. The number of aromatic amines is 2. The topological polar surface area (TPSA) is 78.6 Å². The number of hydrogen-bond donors (Lipinski definition) is 2. The van der Waals surface area contributed by atoms with Gasteiger partial charge < -0.3 is 4.98 Å². The molecule has 0 aliphatic heterocycles. The Morgan fingerprint density at radius 2 is 1.52 bits per heavy atom. The minimum absolute atomic E-state index is 0.207. The predicted octanol–water partition coefficient (Wildman–Crippen LogP) is 4.52. The highest BCUT2D eigenvalue weighted by atomic mass is 16.2. The van der Waals surface area contributed by atoms with Crippen molar-refractivity contribution in [3.8, 4) is 0 Å². The first-order chi connectivity index (χ1) is 14.2. The van der Waals surface area contributed by atoms with Gasteiger partial charge in [-0.3, -0.25) is 14.8 Å². The van der Waals surface area contributed by atoms with Gasteiger partial charge in [-0.2, -0.15) is 0 Å². The molecule has 2 heterocycles. The normalized spacial score (nSPS) is 18.6. The number of H-pyrrole nitrogens is 2. The number of nitrogens with zero attached hydrogens (tertiary/aromatic N) is 1. The molecule has 0 bridgehead atoms. The van der Waals surface area contributed by atoms with Gasteiger partial charge >= 0.3 is 5.69 Å². The van der Waals surface area contributed by atoms with Gasteiger partial charge in [0.25, 0.3) is 5.56 Å². The van der Waals surface area contributed by atoms with Crippen molar-refractivity contribution in [1.82, 2.24) is 15.0 Å². The van der Waals surface area contributed by atoms with Gasteiger partial charge in [0.2, 0.25) is 0 Å². The van der Waals surface area contributed by atoms with Crippen LogP contribution in [0.25, 0.3) is 0 Å². The zero-order chi connectivity index (χ0) is 20.6. The fourth-order valence-corrected chi connectivity index (χ4v) is 4.18. The van der Waals surface area contributed by atoms with Crippen LogP contribution in [0.5, 0.6) is 0 Å². The van der Waals surface area contributed by atoms with Crippen molar-refractivity contribution in [2.24, 2.45) is 0 Å². The Labute approximate surface area is 171 Å². The molecule has 152 valence electrons. The SMILES string of the molecule is CC.O=c1[nH]c(C2CCC(c3ccccc3)CC2)c(Cc2ccccn2)c(=O)[nH]1. The molecule has 1 aromatic carbocycles. The second-order valence-electron chi connectivity index (χ2n) is 7.26. The highest BCUT2D eigenvalue weighted by Crippen LogP contribution is 2.40. The van der Waals surface area contributed by atoms with Gasteiger partial charge in [0.15, 0.2) is 0 Å². The van der Waals surface area contributed by atoms with E-state index in [4.69, 9.17) is 0 Å². The molecule has 0 atom stereocenters. The monoisotopic (exact) mass is 391 g/mol. The van der Waals surface area contributed by atoms with Crippen LogP contribution in [-0.4, -0.2) is 15.0 Å². The molecule has 0 spiro atoms. The maximum Gasteiger partial charge on any atom is 0.325 e. The van der Waals surface area contributed by atoms with Crippen molar-refractivity contribution < 1.29 is 0 Å². The third-order valence-corrected chi connectivity index (χ3v) is 5.56. The van der Waals surface area contributed by atoms with Crippen LogP contribution in [0.4, 0.5) is 0 Å². The lowest BCUT2D eigenvalue weighted by Gasteiger charge is -2.29. The molecule has 0 radical (unpaired) electrons. The molecule has 5 nitrogen and oxygen atoms in total. The Kier molecular flexibility index (Phi) is 7.17. The highest BCUT2D eigenvalue weighted by Gasteiger charge is 2.26. The molecule has 1 fully saturated rings. The lowest BCUT2D eigenvalue weighted by Crippen LogP contribution is -2.30. The summed E-state index contributed by atoms with van der Waals surface area (Å²) in [5, 5.41) is 0. The molecular weight excluding hydrogens is 362 g/mol. The van der Waals surface area contributed by atoms with Crippen molar-refractivity contribution in [2.75, 3.05) is 0 Å². The number of nitrogens with one attached hydrogen (secondary N) is 2. The molecule has 0 unspecified atom stereocenters. The van der Waals surface area contributed by atoms with Crippen LogP contribution in [0.2, 0.25) is 0 Å². The van der Waals surface area contributed by atoms with Crippen molar-refractivity contribution in [1.29, 1.82) is 0 Å². The van der Waals surface area contributed by atoms with Gasteiger partial charge in [0.1, 0.15) is 0 Å². The van der Waals surface area contributed by atoms with E-state index in [9.17, 15) is 9.59 Å². The van der Waals surface area contributed by atoms with Gasteiger partial charge in [0.05, 0.1) is 0 Å². The van der Waals surface area contributed by atoms with Crippen molar-refractivity contribution in [3.63, 3.8) is 0 Å². The number of pyridine rings is 1. The van der Waals surface area contributed by atoms with Crippen LogP contribution in [0.3, 0.4) is 0 Å². The summed E-state index contributed by atoms with van der Waals surface area (Å²) in [7, 11) is 0. The molecule has 4 rings (SSSR count). The maximum absolute atomic E-state index is 12.5. The summed E-state index contributed by atoms with van der Waals surface area (Å²) in [5.41, 5.74) is 2.91. The summed E-state index contributed by atoms with van der Waals surface area (Å²) in [6.45, 7) is 4.00. The van der Waals surface area contributed by atoms with Crippen molar-refractivity contribution >= 4 is 0 Å². The van der Waals surface area contributed by atoms with E-state index in [1.54, 1.807) is 6.20 Å². The van der Waals surface area contributed by atoms with Gasteiger partial charge in [-0.15, -0.1) is 0 Å². The second-order valence-corrected chi connectivity index (χ2v) is 7.26. The average molecular weight is 392 g/mol. The Morgan fingerprint density at radius 3 is 2.17 bits per heavy atom. The van der Waals surface area contributed by atoms with E-state index in [1.165, 1.54) is 5.56 Å². The summed E-state index contributed by atoms with van der Waals surface area (Å²) in [6, 6.07) is 16.3. The van der Waals surface area contributed by atoms with Gasteiger partial charge in [-0.1, -0.05) is 50.2 Å². The van der Waals surface area contributed by atoms with E-state index < -0.39 is 5.69 Å². The summed E-state index contributed by atoms with van der Waals surface area (Å²) in [6.07, 6.45) is 6.21. The minimum Gasteiger partial charge on any atom is -0.311 e. The van der Waals surface area contributed by atoms with Crippen LogP contribution < -0.4 is 11.2 Å². The molecule has 0 saturated heterocycles. The van der Waals surface area contributed by atoms with Crippen LogP contribution in [0.15, 0.2) is 64.3 Å². The third-order valence-electron chi connectivity index (χ3n) is 5.56. The molecule has 2 aromatic heterocycles. The van der Waals surface area contributed by atoms with Crippen LogP contribution in [0, 0.1) is 0 Å². The summed E-state index contributed by atoms with van der Waals surface area (Å²) in [5.74, 6) is 0.758. The molecule has 1 saturated carbocycles. The van der Waals surface area contributed by atoms with Crippen molar-refractivity contribution in [3.05, 3.63) is 98.1 Å². The smallest absolute Gasteiger partial charge is 0.311 e. The summed E-state index contributed by atoms with van der Waals surface area (Å²) >= 11 is 0. The first-order valence-corrected chi connectivity index (χ1v) is 10.5. The fraction of sp³-hybridized carbons (Fsp3) is 0.375. The van der Waals surface area contributed by atoms with E-state index in [-0.39, 0.29) is 11.5 Å². The largest absolute Gasteiger partial charge is 0.325 e. The van der Waals surface area contributed by atoms with Crippen LogP contribution in [0.1, 0.15) is 73.9 Å².